The summed E-state index contributed by atoms with van der Waals surface area (Å²) in [6.07, 6.45) is 2.27. The lowest BCUT2D eigenvalue weighted by Gasteiger charge is -2.06. The first-order chi connectivity index (χ1) is 4.16. The first-order valence-corrected chi connectivity index (χ1v) is 3.23. The monoisotopic (exact) mass is 116 g/mol. The summed E-state index contributed by atoms with van der Waals surface area (Å²) in [5.74, 6) is 0. The number of hydrogen-bond donors (Lipinski definition) is 0. The number of rotatable bonds is 4. The number of hydrogen-bond acceptors (Lipinski definition) is 1. The molecule has 0 rings (SSSR count). The lowest BCUT2D eigenvalue weighted by Crippen LogP contribution is -2.12. The summed E-state index contributed by atoms with van der Waals surface area (Å²) in [6.45, 7) is 3.02. The Morgan fingerprint density at radius 1 is 1.50 bits per heavy atom. The molecule has 50 valence electrons. The van der Waals surface area contributed by atoms with Gasteiger partial charge >= 0.3 is 0 Å². The van der Waals surface area contributed by atoms with E-state index in [1.807, 2.05) is 14.1 Å². The van der Waals surface area contributed by atoms with Crippen LogP contribution >= 0.6 is 0 Å². The molecule has 0 saturated carbocycles. The molecule has 0 bridgehead atoms. The van der Waals surface area contributed by atoms with E-state index in [0.29, 0.717) is 0 Å². The summed E-state index contributed by atoms with van der Waals surface area (Å²) < 4.78 is 7.46. The third-order valence-electron chi connectivity index (χ3n) is 0.987. The molecule has 1 atom stereocenters. The second kappa shape index (κ2) is 5.10. The summed E-state index contributed by atoms with van der Waals surface area (Å²) >= 11 is 0. The van der Waals surface area contributed by atoms with Crippen LogP contribution in [0.1, 0.15) is 27.5 Å². The van der Waals surface area contributed by atoms with Gasteiger partial charge in [-0.1, -0.05) is 19.8 Å². The maximum Gasteiger partial charge on any atom is 0.0280 e. The molecule has 0 fully saturated rings. The number of nitrogens with zero attached hydrogens (tertiary/aromatic N) is 1. The molecular formula is C7H17N. The third-order valence-corrected chi connectivity index (χ3v) is 0.987. The molecule has 0 aliphatic heterocycles. The zero-order valence-corrected chi connectivity index (χ0v) is 6.15. The van der Waals surface area contributed by atoms with Crippen molar-refractivity contribution < 1.29 is 1.37 Å². The molecule has 1 heteroatoms. The lowest BCUT2D eigenvalue weighted by atomic mass is 10.2. The van der Waals surface area contributed by atoms with Gasteiger partial charge < -0.3 is 4.90 Å². The minimum absolute atomic E-state index is 0.116. The summed E-state index contributed by atoms with van der Waals surface area (Å²) in [4.78, 5) is 2.06. The van der Waals surface area contributed by atoms with Gasteiger partial charge in [0.05, 0.1) is 0 Å². The van der Waals surface area contributed by atoms with Gasteiger partial charge in [-0.15, -0.1) is 0 Å². The van der Waals surface area contributed by atoms with Crippen molar-refractivity contribution in [2.45, 2.75) is 26.2 Å². The van der Waals surface area contributed by atoms with Gasteiger partial charge in [0.1, 0.15) is 0 Å². The van der Waals surface area contributed by atoms with Crippen molar-refractivity contribution in [3.63, 3.8) is 0 Å². The Labute approximate surface area is 54.1 Å². The smallest absolute Gasteiger partial charge is 0.0280 e. The second-order valence-corrected chi connectivity index (χ2v) is 2.34. The first-order valence-electron chi connectivity index (χ1n) is 3.81. The van der Waals surface area contributed by atoms with Gasteiger partial charge in [0.25, 0.3) is 0 Å². The predicted octanol–water partition coefficient (Wildman–Crippen LogP) is 1.74. The highest BCUT2D eigenvalue weighted by atomic mass is 15.0. The summed E-state index contributed by atoms with van der Waals surface area (Å²) in [5.41, 5.74) is 0. The van der Waals surface area contributed by atoms with Crippen molar-refractivity contribution in [3.05, 3.63) is 0 Å². The fourth-order valence-corrected chi connectivity index (χ4v) is 0.554. The van der Waals surface area contributed by atoms with Crippen molar-refractivity contribution >= 4 is 0 Å². The van der Waals surface area contributed by atoms with Crippen LogP contribution in [0.15, 0.2) is 0 Å². The van der Waals surface area contributed by atoms with Crippen LogP contribution in [0.5, 0.6) is 0 Å². The van der Waals surface area contributed by atoms with Gasteiger partial charge in [-0.3, -0.25) is 0 Å². The Morgan fingerprint density at radius 2 is 2.12 bits per heavy atom. The maximum atomic E-state index is 7.46. The van der Waals surface area contributed by atoms with Crippen LogP contribution in [0.3, 0.4) is 0 Å². The van der Waals surface area contributed by atoms with E-state index in [1.165, 1.54) is 0 Å². The molecule has 0 aliphatic rings. The van der Waals surface area contributed by atoms with Crippen molar-refractivity contribution in [1.82, 2.24) is 4.90 Å². The summed E-state index contributed by atoms with van der Waals surface area (Å²) in [7, 11) is 4.02. The molecule has 0 aromatic rings. The van der Waals surface area contributed by atoms with E-state index in [9.17, 15) is 0 Å². The third kappa shape index (κ3) is 5.96. The van der Waals surface area contributed by atoms with Gasteiger partial charge in [-0.2, -0.15) is 0 Å². The average Bonchev–Trinajstić information content (AvgIpc) is 1.63. The minimum Gasteiger partial charge on any atom is -0.309 e. The van der Waals surface area contributed by atoms with Gasteiger partial charge in [0.15, 0.2) is 0 Å². The first kappa shape index (κ1) is 6.09. The van der Waals surface area contributed by atoms with E-state index in [1.54, 1.807) is 0 Å². The summed E-state index contributed by atoms with van der Waals surface area (Å²) in [6, 6.07) is 0. The van der Waals surface area contributed by atoms with Crippen molar-refractivity contribution in [1.29, 1.82) is 0 Å². The maximum absolute atomic E-state index is 7.46. The molecule has 0 spiro atoms. The predicted molar refractivity (Wildman–Crippen MR) is 38.1 cm³/mol. The highest BCUT2D eigenvalue weighted by Crippen LogP contribution is 1.93. The van der Waals surface area contributed by atoms with Gasteiger partial charge in [-0.05, 0) is 27.0 Å². The van der Waals surface area contributed by atoms with E-state index >= 15 is 0 Å². The Bertz CT molecular complexity index is 63.9. The fourth-order valence-electron chi connectivity index (χ4n) is 0.554. The standard InChI is InChI=1S/C7H17N/c1-4-5-6-7-8(2)3/h4-7H2,1-3H3/i6D. The molecule has 0 N–H and O–H groups in total. The minimum atomic E-state index is 0.116. The molecule has 0 amide bonds. The van der Waals surface area contributed by atoms with Crippen LogP contribution in [0.2, 0.25) is 0 Å². The zero-order valence-electron chi connectivity index (χ0n) is 7.15. The van der Waals surface area contributed by atoms with E-state index < -0.39 is 0 Å². The lowest BCUT2D eigenvalue weighted by molar-refractivity contribution is 0.393. The molecule has 1 unspecified atom stereocenters. The largest absolute Gasteiger partial charge is 0.309 e. The Balaban J connectivity index is 3.15. The normalized spacial score (nSPS) is 16.2. The Kier molecular flexibility index (Phi) is 3.88. The summed E-state index contributed by atoms with van der Waals surface area (Å²) in [5, 5.41) is 0. The van der Waals surface area contributed by atoms with Crippen LogP contribution in [-0.2, 0) is 0 Å². The zero-order chi connectivity index (χ0) is 7.28. The highest BCUT2D eigenvalue weighted by molar-refractivity contribution is 4.42. The molecule has 0 aromatic heterocycles. The van der Waals surface area contributed by atoms with Gasteiger partial charge in [0.2, 0.25) is 0 Å². The van der Waals surface area contributed by atoms with Crippen LogP contribution < -0.4 is 0 Å². The molecule has 0 saturated heterocycles. The second-order valence-electron chi connectivity index (χ2n) is 2.34. The molecular weight excluding hydrogens is 98.1 g/mol. The molecule has 0 radical (unpaired) electrons. The van der Waals surface area contributed by atoms with E-state index in [0.717, 1.165) is 19.4 Å². The molecule has 0 aromatic carbocycles. The Hall–Kier alpha value is -0.0400. The molecule has 1 nitrogen and oxygen atoms in total. The quantitative estimate of drug-likeness (QED) is 0.540. The van der Waals surface area contributed by atoms with Crippen LogP contribution in [-0.4, -0.2) is 25.5 Å². The molecule has 0 aliphatic carbocycles. The average molecular weight is 116 g/mol. The van der Waals surface area contributed by atoms with E-state index in [4.69, 9.17) is 1.37 Å². The van der Waals surface area contributed by atoms with E-state index in [2.05, 4.69) is 11.8 Å². The van der Waals surface area contributed by atoms with Crippen molar-refractivity contribution in [3.8, 4) is 0 Å². The van der Waals surface area contributed by atoms with Crippen LogP contribution in [0, 0.1) is 0 Å². The fraction of sp³-hybridized carbons (Fsp3) is 1.00. The van der Waals surface area contributed by atoms with Crippen molar-refractivity contribution in [2.75, 3.05) is 20.6 Å². The van der Waals surface area contributed by atoms with Crippen LogP contribution in [0.4, 0.5) is 0 Å². The molecule has 8 heavy (non-hydrogen) atoms. The van der Waals surface area contributed by atoms with Crippen LogP contribution in [0.25, 0.3) is 0 Å². The van der Waals surface area contributed by atoms with Crippen molar-refractivity contribution in [2.24, 2.45) is 0 Å². The topological polar surface area (TPSA) is 3.24 Å². The van der Waals surface area contributed by atoms with Gasteiger partial charge in [-0.25, -0.2) is 0 Å². The van der Waals surface area contributed by atoms with E-state index in [-0.39, 0.29) is 6.40 Å². The molecule has 0 heterocycles. The highest BCUT2D eigenvalue weighted by Gasteiger charge is 1.86. The Morgan fingerprint density at radius 3 is 2.50 bits per heavy atom. The SMILES string of the molecule is [2H]C(CCC)CN(C)C. The van der Waals surface area contributed by atoms with Gasteiger partial charge in [0, 0.05) is 1.37 Å².